The number of aliphatic carboxylic acids is 1. The number of rotatable bonds is 2. The summed E-state index contributed by atoms with van der Waals surface area (Å²) in [6, 6.07) is -0.470. The highest BCUT2D eigenvalue weighted by Gasteiger charge is 2.39. The van der Waals surface area contributed by atoms with Gasteiger partial charge in [0, 0.05) is 7.05 Å². The first-order valence-corrected chi connectivity index (χ1v) is 5.48. The SMILES string of the molecule is CN(C(=O)OC(C)(C)C)C1COCC1C(=O)O. The molecule has 1 saturated heterocycles. The van der Waals surface area contributed by atoms with E-state index in [2.05, 4.69) is 0 Å². The predicted molar refractivity (Wildman–Crippen MR) is 59.7 cm³/mol. The second-order valence-corrected chi connectivity index (χ2v) is 5.14. The van der Waals surface area contributed by atoms with E-state index in [9.17, 15) is 9.59 Å². The molecule has 17 heavy (non-hydrogen) atoms. The van der Waals surface area contributed by atoms with Crippen LogP contribution >= 0.6 is 0 Å². The first-order chi connectivity index (χ1) is 7.72. The lowest BCUT2D eigenvalue weighted by Gasteiger charge is -2.29. The van der Waals surface area contributed by atoms with Crippen LogP contribution in [0.1, 0.15) is 20.8 Å². The minimum absolute atomic E-state index is 0.132. The minimum atomic E-state index is -0.956. The number of ether oxygens (including phenoxy) is 2. The third-order valence-corrected chi connectivity index (χ3v) is 2.55. The van der Waals surface area contributed by atoms with Gasteiger partial charge in [0.25, 0.3) is 0 Å². The molecular formula is C11H19NO5. The van der Waals surface area contributed by atoms with Crippen LogP contribution in [0.3, 0.4) is 0 Å². The van der Waals surface area contributed by atoms with Crippen LogP contribution in [0.2, 0.25) is 0 Å². The molecule has 6 nitrogen and oxygen atoms in total. The van der Waals surface area contributed by atoms with Crippen LogP contribution in [0.4, 0.5) is 4.79 Å². The smallest absolute Gasteiger partial charge is 0.410 e. The highest BCUT2D eigenvalue weighted by molar-refractivity contribution is 5.74. The van der Waals surface area contributed by atoms with E-state index in [1.165, 1.54) is 11.9 Å². The monoisotopic (exact) mass is 245 g/mol. The Morgan fingerprint density at radius 2 is 1.94 bits per heavy atom. The summed E-state index contributed by atoms with van der Waals surface area (Å²) in [5, 5.41) is 8.99. The maximum Gasteiger partial charge on any atom is 0.410 e. The summed E-state index contributed by atoms with van der Waals surface area (Å²) >= 11 is 0. The van der Waals surface area contributed by atoms with Crippen LogP contribution in [-0.2, 0) is 14.3 Å². The van der Waals surface area contributed by atoms with E-state index in [4.69, 9.17) is 14.6 Å². The summed E-state index contributed by atoms with van der Waals surface area (Å²) in [5.74, 6) is -1.64. The van der Waals surface area contributed by atoms with E-state index in [0.29, 0.717) is 0 Å². The number of carboxylic acids is 1. The van der Waals surface area contributed by atoms with Crippen molar-refractivity contribution in [2.45, 2.75) is 32.4 Å². The largest absolute Gasteiger partial charge is 0.481 e. The molecule has 0 aliphatic carbocycles. The molecule has 0 aromatic heterocycles. The lowest BCUT2D eigenvalue weighted by molar-refractivity contribution is -0.142. The molecule has 1 heterocycles. The highest BCUT2D eigenvalue weighted by Crippen LogP contribution is 2.21. The van der Waals surface area contributed by atoms with Crippen LogP contribution in [0.5, 0.6) is 0 Å². The molecule has 0 radical (unpaired) electrons. The number of hydrogen-bond donors (Lipinski definition) is 1. The first kappa shape index (κ1) is 13.8. The molecule has 1 aliphatic heterocycles. The van der Waals surface area contributed by atoms with E-state index in [1.807, 2.05) is 0 Å². The molecule has 1 rings (SSSR count). The van der Waals surface area contributed by atoms with Gasteiger partial charge in [-0.2, -0.15) is 0 Å². The zero-order chi connectivity index (χ0) is 13.2. The van der Waals surface area contributed by atoms with Gasteiger partial charge < -0.3 is 19.5 Å². The van der Waals surface area contributed by atoms with E-state index in [0.717, 1.165) is 0 Å². The van der Waals surface area contributed by atoms with Gasteiger partial charge in [-0.15, -0.1) is 0 Å². The number of carbonyl (C=O) groups is 2. The average Bonchev–Trinajstić information content (AvgIpc) is 2.61. The third-order valence-electron chi connectivity index (χ3n) is 2.55. The van der Waals surface area contributed by atoms with Crippen LogP contribution in [0.25, 0.3) is 0 Å². The number of carbonyl (C=O) groups excluding carboxylic acids is 1. The van der Waals surface area contributed by atoms with Crippen molar-refractivity contribution in [1.29, 1.82) is 0 Å². The Kier molecular flexibility index (Phi) is 3.98. The molecule has 1 amide bonds. The highest BCUT2D eigenvalue weighted by atomic mass is 16.6. The fraction of sp³-hybridized carbons (Fsp3) is 0.818. The van der Waals surface area contributed by atoms with Crippen molar-refractivity contribution in [2.24, 2.45) is 5.92 Å². The fourth-order valence-corrected chi connectivity index (χ4v) is 1.63. The summed E-state index contributed by atoms with van der Waals surface area (Å²) in [6.45, 7) is 5.65. The second kappa shape index (κ2) is 4.91. The summed E-state index contributed by atoms with van der Waals surface area (Å²) in [5.41, 5.74) is -0.594. The van der Waals surface area contributed by atoms with E-state index in [-0.39, 0.29) is 13.2 Å². The number of carboxylic acid groups (broad SMARTS) is 1. The quantitative estimate of drug-likeness (QED) is 0.784. The molecule has 2 unspecified atom stereocenters. The lowest BCUT2D eigenvalue weighted by Crippen LogP contribution is -2.46. The lowest BCUT2D eigenvalue weighted by atomic mass is 10.0. The number of hydrogen-bond acceptors (Lipinski definition) is 4. The summed E-state index contributed by atoms with van der Waals surface area (Å²) < 4.78 is 10.3. The molecule has 1 fully saturated rings. The molecule has 1 N–H and O–H groups in total. The Morgan fingerprint density at radius 1 is 1.35 bits per heavy atom. The topological polar surface area (TPSA) is 76.1 Å². The summed E-state index contributed by atoms with van der Waals surface area (Å²) in [7, 11) is 1.53. The maximum atomic E-state index is 11.8. The van der Waals surface area contributed by atoms with Crippen molar-refractivity contribution in [1.82, 2.24) is 4.90 Å². The van der Waals surface area contributed by atoms with Gasteiger partial charge in [0.05, 0.1) is 19.3 Å². The normalized spacial score (nSPS) is 24.5. The van der Waals surface area contributed by atoms with E-state index >= 15 is 0 Å². The Balaban J connectivity index is 2.66. The summed E-state index contributed by atoms with van der Waals surface area (Å²) in [6.07, 6.45) is -0.528. The zero-order valence-corrected chi connectivity index (χ0v) is 10.6. The van der Waals surface area contributed by atoms with Gasteiger partial charge >= 0.3 is 12.1 Å². The molecule has 0 saturated carbocycles. The van der Waals surface area contributed by atoms with Gasteiger partial charge in [0.1, 0.15) is 11.5 Å². The number of amides is 1. The van der Waals surface area contributed by atoms with Crippen molar-refractivity contribution in [3.05, 3.63) is 0 Å². The Hall–Kier alpha value is -1.30. The Labute approximate surface area is 100 Å². The second-order valence-electron chi connectivity index (χ2n) is 5.14. The van der Waals surface area contributed by atoms with Gasteiger partial charge in [-0.25, -0.2) is 4.79 Å². The fourth-order valence-electron chi connectivity index (χ4n) is 1.63. The average molecular weight is 245 g/mol. The molecule has 98 valence electrons. The molecule has 0 bridgehead atoms. The molecule has 0 aromatic rings. The van der Waals surface area contributed by atoms with Crippen molar-refractivity contribution in [3.63, 3.8) is 0 Å². The van der Waals surface area contributed by atoms with Crippen molar-refractivity contribution in [3.8, 4) is 0 Å². The van der Waals surface area contributed by atoms with Gasteiger partial charge in [-0.3, -0.25) is 4.79 Å². The van der Waals surface area contributed by atoms with Crippen LogP contribution in [-0.4, -0.2) is 54.0 Å². The van der Waals surface area contributed by atoms with Crippen molar-refractivity contribution < 1.29 is 24.2 Å². The maximum absolute atomic E-state index is 11.8. The van der Waals surface area contributed by atoms with E-state index in [1.54, 1.807) is 20.8 Å². The standard InChI is InChI=1S/C11H19NO5/c1-11(2,3)17-10(15)12(4)8-6-16-5-7(8)9(13)14/h7-8H,5-6H2,1-4H3,(H,13,14). The molecule has 2 atom stereocenters. The third kappa shape index (κ3) is 3.59. The number of nitrogens with zero attached hydrogens (tertiary/aromatic N) is 1. The molecule has 1 aliphatic rings. The van der Waals surface area contributed by atoms with E-state index < -0.39 is 29.6 Å². The van der Waals surface area contributed by atoms with Crippen LogP contribution in [0, 0.1) is 5.92 Å². The van der Waals surface area contributed by atoms with Gasteiger partial charge in [0.15, 0.2) is 0 Å². The van der Waals surface area contributed by atoms with Crippen LogP contribution < -0.4 is 0 Å². The van der Waals surface area contributed by atoms with Crippen LogP contribution in [0.15, 0.2) is 0 Å². The van der Waals surface area contributed by atoms with Gasteiger partial charge in [0.2, 0.25) is 0 Å². The summed E-state index contributed by atoms with van der Waals surface area (Å²) in [4.78, 5) is 24.0. The Morgan fingerprint density at radius 3 is 2.41 bits per heavy atom. The van der Waals surface area contributed by atoms with Gasteiger partial charge in [-0.05, 0) is 20.8 Å². The Bertz CT molecular complexity index is 309. The zero-order valence-electron chi connectivity index (χ0n) is 10.6. The van der Waals surface area contributed by atoms with Gasteiger partial charge in [-0.1, -0.05) is 0 Å². The van der Waals surface area contributed by atoms with Crippen molar-refractivity contribution >= 4 is 12.1 Å². The predicted octanol–water partition coefficient (Wildman–Crippen LogP) is 0.953. The molecule has 0 aromatic carbocycles. The van der Waals surface area contributed by atoms with Crippen molar-refractivity contribution in [2.75, 3.05) is 20.3 Å². The minimum Gasteiger partial charge on any atom is -0.481 e. The first-order valence-electron chi connectivity index (χ1n) is 5.48. The molecule has 6 heteroatoms. The molecular weight excluding hydrogens is 226 g/mol. The number of likely N-dealkylation sites (N-methyl/N-ethyl adjacent to an activating group) is 1. The molecule has 0 spiro atoms.